The van der Waals surface area contributed by atoms with Gasteiger partial charge >= 0.3 is 0 Å². The Morgan fingerprint density at radius 2 is 2.08 bits per heavy atom. The molecule has 1 atom stereocenters. The van der Waals surface area contributed by atoms with Gasteiger partial charge in [0.1, 0.15) is 5.75 Å². The Labute approximate surface area is 148 Å². The molecule has 6 heteroatoms. The molecule has 6 nitrogen and oxygen atoms in total. The van der Waals surface area contributed by atoms with Crippen molar-refractivity contribution in [3.8, 4) is 5.75 Å². The molecule has 1 fully saturated rings. The van der Waals surface area contributed by atoms with E-state index < -0.39 is 0 Å². The van der Waals surface area contributed by atoms with Crippen LogP contribution in [0.2, 0.25) is 0 Å². The zero-order valence-corrected chi connectivity index (χ0v) is 15.3. The molecule has 0 spiro atoms. The Balaban J connectivity index is 1.90. The maximum Gasteiger partial charge on any atom is 0.257 e. The number of nitrogens with zero attached hydrogens (tertiary/aromatic N) is 3. The topological polar surface area (TPSA) is 59.4 Å². The number of rotatable bonds is 3. The molecule has 0 radical (unpaired) electrons. The van der Waals surface area contributed by atoms with Gasteiger partial charge in [0.15, 0.2) is 0 Å². The smallest absolute Gasteiger partial charge is 0.257 e. The van der Waals surface area contributed by atoms with Crippen molar-refractivity contribution in [3.63, 3.8) is 0 Å². The first-order valence-corrected chi connectivity index (χ1v) is 8.61. The van der Waals surface area contributed by atoms with Gasteiger partial charge in [0.25, 0.3) is 5.91 Å². The molecule has 1 aromatic carbocycles. The number of piperazine rings is 1. The van der Waals surface area contributed by atoms with Gasteiger partial charge in [0.05, 0.1) is 30.5 Å². The summed E-state index contributed by atoms with van der Waals surface area (Å²) >= 11 is 0. The molecule has 1 unspecified atom stereocenters. The Kier molecular flexibility index (Phi) is 4.81. The van der Waals surface area contributed by atoms with E-state index in [1.54, 1.807) is 13.3 Å². The number of ether oxygens (including phenoxy) is 1. The van der Waals surface area contributed by atoms with Gasteiger partial charge in [-0.3, -0.25) is 9.48 Å². The normalized spacial score (nSPS) is 18.2. The highest BCUT2D eigenvalue weighted by atomic mass is 16.5. The van der Waals surface area contributed by atoms with Crippen LogP contribution in [0, 0.1) is 0 Å². The molecule has 2 aromatic rings. The number of carbonyl (C=O) groups is 1. The van der Waals surface area contributed by atoms with Crippen LogP contribution >= 0.6 is 0 Å². The Morgan fingerprint density at radius 1 is 1.32 bits per heavy atom. The first kappa shape index (κ1) is 17.5. The summed E-state index contributed by atoms with van der Waals surface area (Å²) in [4.78, 5) is 15.0. The van der Waals surface area contributed by atoms with E-state index in [0.717, 1.165) is 17.9 Å². The second-order valence-corrected chi connectivity index (χ2v) is 7.30. The van der Waals surface area contributed by atoms with Gasteiger partial charge in [-0.1, -0.05) is 18.2 Å². The minimum absolute atomic E-state index is 0.00732. The van der Waals surface area contributed by atoms with Gasteiger partial charge < -0.3 is 15.0 Å². The summed E-state index contributed by atoms with van der Waals surface area (Å²) < 4.78 is 7.33. The van der Waals surface area contributed by atoms with Crippen LogP contribution in [0.15, 0.2) is 36.7 Å². The predicted molar refractivity (Wildman–Crippen MR) is 96.9 cm³/mol. The molecule has 1 aliphatic heterocycles. The fourth-order valence-corrected chi connectivity index (χ4v) is 3.13. The third kappa shape index (κ3) is 3.54. The molecule has 2 heterocycles. The lowest BCUT2D eigenvalue weighted by atomic mass is 10.0. The zero-order valence-electron chi connectivity index (χ0n) is 15.3. The molecule has 1 aliphatic rings. The van der Waals surface area contributed by atoms with Gasteiger partial charge in [0.2, 0.25) is 0 Å². The fourth-order valence-electron chi connectivity index (χ4n) is 3.13. The van der Waals surface area contributed by atoms with E-state index in [0.29, 0.717) is 18.7 Å². The van der Waals surface area contributed by atoms with Crippen LogP contribution in [-0.2, 0) is 5.54 Å². The number of para-hydroxylation sites is 1. The van der Waals surface area contributed by atoms with Crippen LogP contribution in [0.4, 0.5) is 0 Å². The lowest BCUT2D eigenvalue weighted by Crippen LogP contribution is -2.48. The first-order chi connectivity index (χ1) is 11.9. The molecule has 1 amide bonds. The van der Waals surface area contributed by atoms with Crippen LogP contribution in [0.1, 0.15) is 42.7 Å². The van der Waals surface area contributed by atoms with E-state index in [4.69, 9.17) is 4.74 Å². The van der Waals surface area contributed by atoms with Gasteiger partial charge in [-0.2, -0.15) is 5.10 Å². The van der Waals surface area contributed by atoms with Gasteiger partial charge in [0, 0.05) is 31.4 Å². The van der Waals surface area contributed by atoms with E-state index in [1.165, 1.54) is 0 Å². The minimum Gasteiger partial charge on any atom is -0.496 e. The summed E-state index contributed by atoms with van der Waals surface area (Å²) in [5.41, 5.74) is 1.50. The van der Waals surface area contributed by atoms with Crippen LogP contribution in [0.5, 0.6) is 5.75 Å². The Hall–Kier alpha value is -2.34. The monoisotopic (exact) mass is 342 g/mol. The predicted octanol–water partition coefficient (Wildman–Crippen LogP) is 2.43. The highest BCUT2D eigenvalue weighted by Gasteiger charge is 2.31. The third-order valence-corrected chi connectivity index (χ3v) is 4.52. The second-order valence-electron chi connectivity index (χ2n) is 7.30. The van der Waals surface area contributed by atoms with Crippen LogP contribution < -0.4 is 10.1 Å². The summed E-state index contributed by atoms with van der Waals surface area (Å²) in [5.74, 6) is 0.812. The number of amides is 1. The number of nitrogens with one attached hydrogen (secondary N) is 1. The fraction of sp³-hybridized carbons (Fsp3) is 0.474. The van der Waals surface area contributed by atoms with Gasteiger partial charge in [-0.15, -0.1) is 0 Å². The number of carbonyl (C=O) groups excluding carboxylic acids is 1. The lowest BCUT2D eigenvalue weighted by molar-refractivity contribution is 0.0631. The summed E-state index contributed by atoms with van der Waals surface area (Å²) in [6, 6.07) is 7.82. The standard InChI is InChI=1S/C19H26N4O2/c1-19(2,3)23-13-14(11-21-23)18(24)22-10-9-20-12-16(22)15-7-5-6-8-17(15)25-4/h5-8,11,13,16,20H,9-10,12H2,1-4H3. The summed E-state index contributed by atoms with van der Waals surface area (Å²) in [6.07, 6.45) is 3.50. The van der Waals surface area contributed by atoms with Crippen molar-refractivity contribution in [2.75, 3.05) is 26.7 Å². The molecule has 1 N–H and O–H groups in total. The molecule has 0 aliphatic carbocycles. The van der Waals surface area contributed by atoms with Gasteiger partial charge in [-0.05, 0) is 26.8 Å². The second kappa shape index (κ2) is 6.88. The van der Waals surface area contributed by atoms with Crippen molar-refractivity contribution in [3.05, 3.63) is 47.8 Å². The molecule has 0 bridgehead atoms. The molecule has 3 rings (SSSR count). The minimum atomic E-state index is -0.149. The zero-order chi connectivity index (χ0) is 18.0. The van der Waals surface area contributed by atoms with Crippen LogP contribution in [-0.4, -0.2) is 47.3 Å². The molecule has 0 saturated carbocycles. The van der Waals surface area contributed by atoms with Crippen molar-refractivity contribution in [2.45, 2.75) is 32.4 Å². The Bertz CT molecular complexity index is 748. The average molecular weight is 342 g/mol. The lowest BCUT2D eigenvalue weighted by Gasteiger charge is -2.37. The third-order valence-electron chi connectivity index (χ3n) is 4.52. The van der Waals surface area contributed by atoms with Crippen molar-refractivity contribution in [2.24, 2.45) is 0 Å². The maximum absolute atomic E-state index is 13.1. The molecule has 25 heavy (non-hydrogen) atoms. The first-order valence-electron chi connectivity index (χ1n) is 8.61. The maximum atomic E-state index is 13.1. The Morgan fingerprint density at radius 3 is 2.76 bits per heavy atom. The van der Waals surface area contributed by atoms with E-state index >= 15 is 0 Å². The van der Waals surface area contributed by atoms with Crippen molar-refractivity contribution >= 4 is 5.91 Å². The highest BCUT2D eigenvalue weighted by molar-refractivity contribution is 5.94. The summed E-state index contributed by atoms with van der Waals surface area (Å²) in [6.45, 7) is 8.34. The highest BCUT2D eigenvalue weighted by Crippen LogP contribution is 2.31. The average Bonchev–Trinajstić information content (AvgIpc) is 3.11. The SMILES string of the molecule is COc1ccccc1C1CNCCN1C(=O)c1cnn(C(C)(C)C)c1. The number of hydrogen-bond acceptors (Lipinski definition) is 4. The summed E-state index contributed by atoms with van der Waals surface area (Å²) in [5, 5.41) is 7.74. The molecular formula is C19H26N4O2. The van der Waals surface area contributed by atoms with E-state index in [1.807, 2.05) is 40.0 Å². The quantitative estimate of drug-likeness (QED) is 0.931. The largest absolute Gasteiger partial charge is 0.496 e. The van der Waals surface area contributed by atoms with Crippen molar-refractivity contribution in [1.29, 1.82) is 0 Å². The number of benzene rings is 1. The van der Waals surface area contributed by atoms with E-state index in [2.05, 4.69) is 31.2 Å². The molecule has 1 aromatic heterocycles. The van der Waals surface area contributed by atoms with Crippen molar-refractivity contribution < 1.29 is 9.53 Å². The van der Waals surface area contributed by atoms with E-state index in [-0.39, 0.29) is 17.5 Å². The summed E-state index contributed by atoms with van der Waals surface area (Å²) in [7, 11) is 1.66. The molecule has 1 saturated heterocycles. The van der Waals surface area contributed by atoms with Crippen LogP contribution in [0.3, 0.4) is 0 Å². The number of hydrogen-bond donors (Lipinski definition) is 1. The molecule has 134 valence electrons. The number of aromatic nitrogens is 2. The molecular weight excluding hydrogens is 316 g/mol. The van der Waals surface area contributed by atoms with Crippen LogP contribution in [0.25, 0.3) is 0 Å². The number of methoxy groups -OCH3 is 1. The van der Waals surface area contributed by atoms with E-state index in [9.17, 15) is 4.79 Å². The van der Waals surface area contributed by atoms with Crippen molar-refractivity contribution in [1.82, 2.24) is 20.0 Å². The van der Waals surface area contributed by atoms with Gasteiger partial charge in [-0.25, -0.2) is 0 Å².